The number of rotatable bonds is 8. The third-order valence-corrected chi connectivity index (χ3v) is 7.99. The van der Waals surface area contributed by atoms with E-state index in [0.29, 0.717) is 34.7 Å². The summed E-state index contributed by atoms with van der Waals surface area (Å²) in [7, 11) is -8.88. The van der Waals surface area contributed by atoms with E-state index >= 15 is 0 Å². The Morgan fingerprint density at radius 3 is 1.24 bits per heavy atom. The minimum Gasteiger partial charge on any atom is -0.744 e. The maximum atomic E-state index is 11.5. The predicted molar refractivity (Wildman–Crippen MR) is 141 cm³/mol. The SMILES string of the molecule is CCCCc1ccc2ccccc2c1S(=O)(=O)[O-].CCCCc1ccc2ccccc2c1S(=O)(=O)[O-].[Cu+2]. The van der Waals surface area contributed by atoms with Crippen LogP contribution in [-0.4, -0.2) is 25.9 Å². The van der Waals surface area contributed by atoms with Gasteiger partial charge in [0.2, 0.25) is 0 Å². The molecule has 4 aromatic rings. The number of aryl methyl sites for hydroxylation is 2. The number of hydrogen-bond acceptors (Lipinski definition) is 6. The third-order valence-electron chi connectivity index (χ3n) is 6.02. The van der Waals surface area contributed by atoms with Crippen LogP contribution >= 0.6 is 0 Å². The first-order chi connectivity index (χ1) is 17.1. The number of hydrogen-bond donors (Lipinski definition) is 0. The molecule has 0 spiro atoms. The quantitative estimate of drug-likeness (QED) is 0.179. The fourth-order valence-electron chi connectivity index (χ4n) is 4.29. The molecule has 0 unspecified atom stereocenters. The van der Waals surface area contributed by atoms with Crippen molar-refractivity contribution >= 4 is 41.8 Å². The summed E-state index contributed by atoms with van der Waals surface area (Å²) in [5, 5.41) is 2.63. The zero-order chi connectivity index (χ0) is 26.3. The van der Waals surface area contributed by atoms with Gasteiger partial charge in [-0.25, -0.2) is 16.8 Å². The van der Waals surface area contributed by atoms with Crippen molar-refractivity contribution in [1.82, 2.24) is 0 Å². The molecule has 0 N–H and O–H groups in total. The average molecular weight is 590 g/mol. The topological polar surface area (TPSA) is 114 Å². The Hall–Kier alpha value is -2.26. The monoisotopic (exact) mass is 589 g/mol. The van der Waals surface area contributed by atoms with E-state index in [1.54, 1.807) is 36.4 Å². The fourth-order valence-corrected chi connectivity index (χ4v) is 6.19. The average Bonchev–Trinajstić information content (AvgIpc) is 2.84. The van der Waals surface area contributed by atoms with Crippen LogP contribution in [-0.2, 0) is 50.1 Å². The van der Waals surface area contributed by atoms with E-state index < -0.39 is 20.2 Å². The molecule has 0 heterocycles. The first-order valence-electron chi connectivity index (χ1n) is 12.0. The first kappa shape index (κ1) is 31.0. The summed E-state index contributed by atoms with van der Waals surface area (Å²) in [5.41, 5.74) is 1.26. The van der Waals surface area contributed by atoms with E-state index in [4.69, 9.17) is 0 Å². The summed E-state index contributed by atoms with van der Waals surface area (Å²) in [6.45, 7) is 4.07. The van der Waals surface area contributed by atoms with Crippen molar-refractivity contribution in [2.24, 2.45) is 0 Å². The summed E-state index contributed by atoms with van der Waals surface area (Å²) >= 11 is 0. The standard InChI is InChI=1S/2C14H16O3S.Cu/c2*1-2-3-6-12-10-9-11-7-4-5-8-13(11)14(12)18(15,16)17;/h2*4-5,7-10H,2-3,6H2,1H3,(H,15,16,17);/q;;+2/p-2. The second-order valence-corrected chi connectivity index (χ2v) is 11.3. The van der Waals surface area contributed by atoms with Gasteiger partial charge in [-0.1, -0.05) is 99.5 Å². The van der Waals surface area contributed by atoms with Crippen molar-refractivity contribution in [3.8, 4) is 0 Å². The van der Waals surface area contributed by atoms with E-state index in [0.717, 1.165) is 36.5 Å². The minimum absolute atomic E-state index is 0. The molecule has 37 heavy (non-hydrogen) atoms. The first-order valence-corrected chi connectivity index (χ1v) is 14.8. The molecule has 0 aliphatic heterocycles. The summed E-state index contributed by atoms with van der Waals surface area (Å²) < 4.78 is 68.9. The molecule has 0 fully saturated rings. The van der Waals surface area contributed by atoms with Gasteiger partial charge in [-0.15, -0.1) is 0 Å². The molecule has 0 amide bonds. The number of fused-ring (bicyclic) bond motifs is 2. The van der Waals surface area contributed by atoms with Crippen LogP contribution in [0.1, 0.15) is 50.7 Å². The molecule has 0 aliphatic rings. The molecule has 0 aromatic heterocycles. The Morgan fingerprint density at radius 2 is 0.919 bits per heavy atom. The van der Waals surface area contributed by atoms with Gasteiger partial charge in [-0.2, -0.15) is 0 Å². The van der Waals surface area contributed by atoms with E-state index in [1.165, 1.54) is 0 Å². The summed E-state index contributed by atoms with van der Waals surface area (Å²) in [5.74, 6) is 0. The van der Waals surface area contributed by atoms with Gasteiger partial charge in [0.1, 0.15) is 20.2 Å². The second kappa shape index (κ2) is 13.5. The summed E-state index contributed by atoms with van der Waals surface area (Å²) in [6, 6.07) is 21.4. The van der Waals surface area contributed by atoms with E-state index in [2.05, 4.69) is 0 Å². The Labute approximate surface area is 230 Å². The Kier molecular flexibility index (Phi) is 11.3. The van der Waals surface area contributed by atoms with Crippen LogP contribution in [0.2, 0.25) is 0 Å². The molecular weight excluding hydrogens is 560 g/mol. The van der Waals surface area contributed by atoms with Gasteiger partial charge in [0.15, 0.2) is 0 Å². The van der Waals surface area contributed by atoms with Crippen molar-refractivity contribution in [2.75, 3.05) is 0 Å². The molecule has 0 aliphatic carbocycles. The fraction of sp³-hybridized carbons (Fsp3) is 0.286. The van der Waals surface area contributed by atoms with Crippen molar-refractivity contribution in [1.29, 1.82) is 0 Å². The van der Waals surface area contributed by atoms with Crippen LogP contribution in [0.15, 0.2) is 82.6 Å². The van der Waals surface area contributed by atoms with Gasteiger partial charge in [0.05, 0.1) is 9.79 Å². The minimum atomic E-state index is -4.44. The molecule has 4 rings (SSSR count). The molecule has 201 valence electrons. The van der Waals surface area contributed by atoms with E-state index in [-0.39, 0.29) is 26.9 Å². The van der Waals surface area contributed by atoms with Gasteiger partial charge in [0, 0.05) is 0 Å². The van der Waals surface area contributed by atoms with Crippen LogP contribution in [0.5, 0.6) is 0 Å². The second-order valence-electron chi connectivity index (χ2n) is 8.67. The molecule has 0 bridgehead atoms. The zero-order valence-corrected chi connectivity index (χ0v) is 23.3. The van der Waals surface area contributed by atoms with Crippen molar-refractivity contribution < 1.29 is 43.0 Å². The number of benzene rings is 4. The molecule has 0 saturated heterocycles. The Bertz CT molecular complexity index is 1450. The van der Waals surface area contributed by atoms with Gasteiger partial charge in [-0.3, -0.25) is 0 Å². The van der Waals surface area contributed by atoms with Crippen molar-refractivity contribution in [3.63, 3.8) is 0 Å². The smallest absolute Gasteiger partial charge is 0.744 e. The summed E-state index contributed by atoms with van der Waals surface area (Å²) in [4.78, 5) is -0.0944. The van der Waals surface area contributed by atoms with Gasteiger partial charge >= 0.3 is 17.1 Å². The van der Waals surface area contributed by atoms with Crippen LogP contribution in [0.25, 0.3) is 21.5 Å². The van der Waals surface area contributed by atoms with Crippen LogP contribution in [0, 0.1) is 0 Å². The predicted octanol–water partition coefficient (Wildman–Crippen LogP) is 6.17. The summed E-state index contributed by atoms with van der Waals surface area (Å²) in [6.07, 6.45) is 4.92. The Balaban J connectivity index is 0.000000253. The van der Waals surface area contributed by atoms with E-state index in [9.17, 15) is 25.9 Å². The van der Waals surface area contributed by atoms with Gasteiger partial charge in [-0.05, 0) is 58.4 Å². The molecule has 0 saturated carbocycles. The maximum absolute atomic E-state index is 11.5. The normalized spacial score (nSPS) is 11.6. The molecule has 9 heteroatoms. The van der Waals surface area contributed by atoms with Crippen LogP contribution in [0.3, 0.4) is 0 Å². The largest absolute Gasteiger partial charge is 2.00 e. The van der Waals surface area contributed by atoms with Crippen LogP contribution < -0.4 is 0 Å². The van der Waals surface area contributed by atoms with Gasteiger partial charge < -0.3 is 9.11 Å². The third kappa shape index (κ3) is 7.86. The molecular formula is C28H30CuO6S2. The molecule has 1 radical (unpaired) electrons. The van der Waals surface area contributed by atoms with Crippen LogP contribution in [0.4, 0.5) is 0 Å². The van der Waals surface area contributed by atoms with Gasteiger partial charge in [0.25, 0.3) is 0 Å². The Morgan fingerprint density at radius 1 is 0.568 bits per heavy atom. The van der Waals surface area contributed by atoms with Crippen molar-refractivity contribution in [2.45, 2.75) is 62.2 Å². The maximum Gasteiger partial charge on any atom is 2.00 e. The van der Waals surface area contributed by atoms with Crippen molar-refractivity contribution in [3.05, 3.63) is 83.9 Å². The molecule has 0 atom stereocenters. The molecule has 4 aromatic carbocycles. The van der Waals surface area contributed by atoms with E-state index in [1.807, 2.05) is 50.2 Å². The zero-order valence-electron chi connectivity index (χ0n) is 20.7. The molecule has 6 nitrogen and oxygen atoms in total. The number of unbranched alkanes of at least 4 members (excludes halogenated alkanes) is 2.